The summed E-state index contributed by atoms with van der Waals surface area (Å²) in [6, 6.07) is 15.4. The van der Waals surface area contributed by atoms with Gasteiger partial charge < -0.3 is 20.1 Å². The number of halogens is 2. The van der Waals surface area contributed by atoms with Crippen molar-refractivity contribution in [1.82, 2.24) is 5.32 Å². The molecule has 5 nitrogen and oxygen atoms in total. The topological polar surface area (TPSA) is 59.6 Å². The smallest absolute Gasteiger partial charge is 0.387 e. The molecule has 0 unspecified atom stereocenters. The molecule has 0 fully saturated rings. The molecular weight excluding hydrogens is 318 g/mol. The summed E-state index contributed by atoms with van der Waals surface area (Å²) >= 11 is 0. The molecule has 0 aliphatic carbocycles. The number of hydrogen-bond donors (Lipinski definition) is 2. The Balaban J connectivity index is 1.70. The van der Waals surface area contributed by atoms with Crippen LogP contribution < -0.4 is 20.1 Å². The molecule has 0 aliphatic rings. The summed E-state index contributed by atoms with van der Waals surface area (Å²) in [5, 5.41) is 5.43. The van der Waals surface area contributed by atoms with Gasteiger partial charge in [-0.3, -0.25) is 4.79 Å². The molecular formula is C17H18F2N2O3. The second-order valence-electron chi connectivity index (χ2n) is 4.74. The average Bonchev–Trinajstić information content (AvgIpc) is 2.58. The fourth-order valence-electron chi connectivity index (χ4n) is 1.93. The number of anilines is 1. The first-order chi connectivity index (χ1) is 11.6. The molecule has 2 rings (SSSR count). The number of rotatable bonds is 9. The summed E-state index contributed by atoms with van der Waals surface area (Å²) in [5.74, 6) is 0.439. The molecule has 0 aromatic heterocycles. The Labute approximate surface area is 138 Å². The first kappa shape index (κ1) is 17.5. The van der Waals surface area contributed by atoms with Crippen molar-refractivity contribution < 1.29 is 23.0 Å². The van der Waals surface area contributed by atoms with Crippen LogP contribution in [0, 0.1) is 0 Å². The van der Waals surface area contributed by atoms with E-state index in [4.69, 9.17) is 4.74 Å². The minimum atomic E-state index is -2.92. The Bertz CT molecular complexity index is 639. The molecule has 128 valence electrons. The summed E-state index contributed by atoms with van der Waals surface area (Å²) in [7, 11) is 0. The number of nitrogens with one attached hydrogen (secondary N) is 2. The third-order valence-corrected chi connectivity index (χ3v) is 2.98. The van der Waals surface area contributed by atoms with Crippen molar-refractivity contribution >= 4 is 11.6 Å². The lowest BCUT2D eigenvalue weighted by Crippen LogP contribution is -2.33. The molecule has 0 bridgehead atoms. The van der Waals surface area contributed by atoms with Crippen LogP contribution in [0.15, 0.2) is 54.6 Å². The average molecular weight is 336 g/mol. The zero-order valence-electron chi connectivity index (χ0n) is 12.9. The van der Waals surface area contributed by atoms with E-state index in [0.29, 0.717) is 18.8 Å². The van der Waals surface area contributed by atoms with E-state index in [1.54, 1.807) is 18.2 Å². The Hall–Kier alpha value is -2.83. The van der Waals surface area contributed by atoms with Gasteiger partial charge in [0.25, 0.3) is 0 Å². The number of carbonyl (C=O) groups is 1. The Kier molecular flexibility index (Phi) is 6.82. The molecule has 1 amide bonds. The van der Waals surface area contributed by atoms with Gasteiger partial charge in [0.2, 0.25) is 5.91 Å². The zero-order valence-corrected chi connectivity index (χ0v) is 12.9. The number of para-hydroxylation sites is 3. The molecule has 2 N–H and O–H groups in total. The molecule has 0 saturated carbocycles. The molecule has 0 atom stereocenters. The van der Waals surface area contributed by atoms with E-state index in [-0.39, 0.29) is 18.2 Å². The highest BCUT2D eigenvalue weighted by Crippen LogP contribution is 2.25. The second kappa shape index (κ2) is 9.34. The van der Waals surface area contributed by atoms with Gasteiger partial charge in [-0.15, -0.1) is 0 Å². The number of hydrogen-bond acceptors (Lipinski definition) is 4. The van der Waals surface area contributed by atoms with Crippen LogP contribution in [0.4, 0.5) is 14.5 Å². The minimum Gasteiger partial charge on any atom is -0.492 e. The molecule has 0 radical (unpaired) electrons. The van der Waals surface area contributed by atoms with Gasteiger partial charge in [-0.25, -0.2) is 0 Å². The highest BCUT2D eigenvalue weighted by molar-refractivity contribution is 5.81. The molecule has 0 spiro atoms. The van der Waals surface area contributed by atoms with Crippen molar-refractivity contribution in [2.75, 3.05) is 25.0 Å². The lowest BCUT2D eigenvalue weighted by atomic mass is 10.3. The Morgan fingerprint density at radius 2 is 1.75 bits per heavy atom. The summed E-state index contributed by atoms with van der Waals surface area (Å²) in [6.45, 7) is -2.31. The van der Waals surface area contributed by atoms with Crippen LogP contribution >= 0.6 is 0 Å². The molecule has 2 aromatic rings. The minimum absolute atomic E-state index is 0.00675. The van der Waals surface area contributed by atoms with Crippen molar-refractivity contribution in [3.8, 4) is 11.5 Å². The van der Waals surface area contributed by atoms with Gasteiger partial charge in [-0.2, -0.15) is 8.78 Å². The van der Waals surface area contributed by atoms with Gasteiger partial charge in [-0.05, 0) is 24.3 Å². The molecule has 2 aromatic carbocycles. The Morgan fingerprint density at radius 3 is 2.50 bits per heavy atom. The van der Waals surface area contributed by atoms with Gasteiger partial charge in [-0.1, -0.05) is 30.3 Å². The van der Waals surface area contributed by atoms with Crippen molar-refractivity contribution in [3.63, 3.8) is 0 Å². The third kappa shape index (κ3) is 6.12. The SMILES string of the molecule is O=C(CNc1ccccc1OC(F)F)NCCOc1ccccc1. The van der Waals surface area contributed by atoms with Crippen LogP contribution in [0.1, 0.15) is 0 Å². The molecule has 7 heteroatoms. The fraction of sp³-hybridized carbons (Fsp3) is 0.235. The van der Waals surface area contributed by atoms with E-state index >= 15 is 0 Å². The maximum atomic E-state index is 12.3. The number of carbonyl (C=O) groups excluding carboxylic acids is 1. The number of benzene rings is 2. The van der Waals surface area contributed by atoms with Gasteiger partial charge >= 0.3 is 6.61 Å². The molecule has 0 heterocycles. The van der Waals surface area contributed by atoms with E-state index in [2.05, 4.69) is 15.4 Å². The predicted octanol–water partition coefficient (Wildman–Crippen LogP) is 2.90. The summed E-state index contributed by atoms with van der Waals surface area (Å²) in [6.07, 6.45) is 0. The highest BCUT2D eigenvalue weighted by Gasteiger charge is 2.09. The molecule has 0 aliphatic heterocycles. The van der Waals surface area contributed by atoms with Crippen LogP contribution in [0.3, 0.4) is 0 Å². The van der Waals surface area contributed by atoms with Gasteiger partial charge in [0.15, 0.2) is 0 Å². The van der Waals surface area contributed by atoms with Crippen molar-refractivity contribution in [3.05, 3.63) is 54.6 Å². The summed E-state index contributed by atoms with van der Waals surface area (Å²) in [5.41, 5.74) is 0.327. The standard InChI is InChI=1S/C17H18F2N2O3/c18-17(19)24-15-9-5-4-8-14(15)21-12-16(22)20-10-11-23-13-6-2-1-3-7-13/h1-9,17,21H,10-12H2,(H,20,22). The van der Waals surface area contributed by atoms with Gasteiger partial charge in [0, 0.05) is 0 Å². The van der Waals surface area contributed by atoms with Gasteiger partial charge in [0.1, 0.15) is 18.1 Å². The number of ether oxygens (including phenoxy) is 2. The van der Waals surface area contributed by atoms with Gasteiger partial charge in [0.05, 0.1) is 18.8 Å². The van der Waals surface area contributed by atoms with E-state index in [9.17, 15) is 13.6 Å². The number of alkyl halides is 2. The van der Waals surface area contributed by atoms with Crippen LogP contribution in [0.2, 0.25) is 0 Å². The van der Waals surface area contributed by atoms with Crippen LogP contribution in [0.25, 0.3) is 0 Å². The van der Waals surface area contributed by atoms with Crippen molar-refractivity contribution in [2.24, 2.45) is 0 Å². The Morgan fingerprint density at radius 1 is 1.04 bits per heavy atom. The van der Waals surface area contributed by atoms with Crippen LogP contribution in [0.5, 0.6) is 11.5 Å². The maximum absolute atomic E-state index is 12.3. The zero-order chi connectivity index (χ0) is 17.2. The second-order valence-corrected chi connectivity index (χ2v) is 4.74. The monoisotopic (exact) mass is 336 g/mol. The van der Waals surface area contributed by atoms with Crippen molar-refractivity contribution in [1.29, 1.82) is 0 Å². The van der Waals surface area contributed by atoms with Crippen LogP contribution in [-0.4, -0.2) is 32.2 Å². The van der Waals surface area contributed by atoms with E-state index < -0.39 is 6.61 Å². The lowest BCUT2D eigenvalue weighted by molar-refractivity contribution is -0.119. The summed E-state index contributed by atoms with van der Waals surface area (Å²) < 4.78 is 34.4. The quantitative estimate of drug-likeness (QED) is 0.691. The maximum Gasteiger partial charge on any atom is 0.387 e. The normalized spacial score (nSPS) is 10.3. The molecule has 0 saturated heterocycles. The van der Waals surface area contributed by atoms with Crippen LogP contribution in [-0.2, 0) is 4.79 Å². The van der Waals surface area contributed by atoms with E-state index in [1.165, 1.54) is 6.07 Å². The largest absolute Gasteiger partial charge is 0.492 e. The van der Waals surface area contributed by atoms with E-state index in [1.807, 2.05) is 30.3 Å². The summed E-state index contributed by atoms with van der Waals surface area (Å²) in [4.78, 5) is 11.7. The lowest BCUT2D eigenvalue weighted by Gasteiger charge is -2.12. The highest BCUT2D eigenvalue weighted by atomic mass is 19.3. The third-order valence-electron chi connectivity index (χ3n) is 2.98. The fourth-order valence-corrected chi connectivity index (χ4v) is 1.93. The number of amides is 1. The molecule has 24 heavy (non-hydrogen) atoms. The first-order valence-corrected chi connectivity index (χ1v) is 7.37. The first-order valence-electron chi connectivity index (χ1n) is 7.37. The predicted molar refractivity (Wildman–Crippen MR) is 86.5 cm³/mol. The van der Waals surface area contributed by atoms with E-state index in [0.717, 1.165) is 5.75 Å². The van der Waals surface area contributed by atoms with Crippen molar-refractivity contribution in [2.45, 2.75) is 6.61 Å².